The van der Waals surface area contributed by atoms with Crippen LogP contribution in [0.15, 0.2) is 0 Å². The monoisotopic (exact) mass is 395 g/mol. The molecular formula is C20H36ClN6-. The third-order valence-electron chi connectivity index (χ3n) is 6.95. The van der Waals surface area contributed by atoms with Crippen molar-refractivity contribution >= 4 is 0 Å². The van der Waals surface area contributed by atoms with Gasteiger partial charge in [-0.25, -0.2) is 4.68 Å². The minimum absolute atomic E-state index is 0. The first kappa shape index (κ1) is 21.0. The Morgan fingerprint density at radius 2 is 1.56 bits per heavy atom. The highest BCUT2D eigenvalue weighted by Gasteiger charge is 2.33. The summed E-state index contributed by atoms with van der Waals surface area (Å²) in [6.45, 7) is 7.07. The van der Waals surface area contributed by atoms with Crippen molar-refractivity contribution in [1.82, 2.24) is 30.0 Å². The average molecular weight is 396 g/mol. The molecule has 0 aromatic carbocycles. The maximum absolute atomic E-state index is 4.53. The summed E-state index contributed by atoms with van der Waals surface area (Å²) in [4.78, 5) is 5.43. The zero-order valence-corrected chi connectivity index (χ0v) is 17.7. The molecule has 3 fully saturated rings. The average Bonchev–Trinajstić information content (AvgIpc) is 3.43. The Kier molecular flexibility index (Phi) is 7.91. The number of rotatable bonds is 7. The quantitative estimate of drug-likeness (QED) is 0.676. The van der Waals surface area contributed by atoms with Crippen molar-refractivity contribution < 1.29 is 12.4 Å². The molecule has 27 heavy (non-hydrogen) atoms. The van der Waals surface area contributed by atoms with Crippen LogP contribution < -0.4 is 12.4 Å². The Hall–Kier alpha value is -0.720. The second-order valence-electron chi connectivity index (χ2n) is 8.59. The second-order valence-corrected chi connectivity index (χ2v) is 8.59. The SMILES string of the molecule is CCCCC(c1nnnn1C1CCCC1)N1CCN(C2CCCC2)CC1.[Cl-]. The molecule has 1 unspecified atom stereocenters. The van der Waals surface area contributed by atoms with E-state index in [9.17, 15) is 0 Å². The molecule has 1 saturated heterocycles. The third-order valence-corrected chi connectivity index (χ3v) is 6.95. The van der Waals surface area contributed by atoms with Crippen LogP contribution >= 0.6 is 0 Å². The van der Waals surface area contributed by atoms with Gasteiger partial charge in [-0.3, -0.25) is 9.80 Å². The number of nitrogens with zero attached hydrogens (tertiary/aromatic N) is 6. The molecule has 6 nitrogen and oxygen atoms in total. The summed E-state index contributed by atoms with van der Waals surface area (Å²) in [5.41, 5.74) is 0. The van der Waals surface area contributed by atoms with Gasteiger partial charge in [-0.1, -0.05) is 45.4 Å². The summed E-state index contributed by atoms with van der Waals surface area (Å²) in [5, 5.41) is 13.0. The highest BCUT2D eigenvalue weighted by molar-refractivity contribution is 4.98. The minimum Gasteiger partial charge on any atom is -1.00 e. The Morgan fingerprint density at radius 1 is 0.926 bits per heavy atom. The summed E-state index contributed by atoms with van der Waals surface area (Å²) in [7, 11) is 0. The molecule has 1 aromatic heterocycles. The van der Waals surface area contributed by atoms with Crippen molar-refractivity contribution in [2.45, 2.75) is 95.7 Å². The lowest BCUT2D eigenvalue weighted by molar-refractivity contribution is -0.00000579. The summed E-state index contributed by atoms with van der Waals surface area (Å²) in [6, 6.07) is 1.79. The van der Waals surface area contributed by atoms with Crippen LogP contribution in [-0.2, 0) is 0 Å². The Balaban J connectivity index is 0.00000210. The number of hydrogen-bond acceptors (Lipinski definition) is 5. The molecule has 0 amide bonds. The van der Waals surface area contributed by atoms with Gasteiger partial charge in [0.15, 0.2) is 5.82 Å². The molecule has 4 rings (SSSR count). The first-order valence-electron chi connectivity index (χ1n) is 11.1. The van der Waals surface area contributed by atoms with Crippen LogP contribution in [0, 0.1) is 0 Å². The Morgan fingerprint density at radius 3 is 2.19 bits per heavy atom. The molecule has 0 spiro atoms. The fourth-order valence-corrected chi connectivity index (χ4v) is 5.38. The highest BCUT2D eigenvalue weighted by Crippen LogP contribution is 2.34. The van der Waals surface area contributed by atoms with Crippen LogP contribution in [0.5, 0.6) is 0 Å². The van der Waals surface area contributed by atoms with E-state index in [0.29, 0.717) is 12.1 Å². The molecule has 2 aliphatic carbocycles. The summed E-state index contributed by atoms with van der Waals surface area (Å²) < 4.78 is 2.19. The van der Waals surface area contributed by atoms with Crippen LogP contribution in [0.2, 0.25) is 0 Å². The summed E-state index contributed by atoms with van der Waals surface area (Å²) in [6.07, 6.45) is 14.5. The molecule has 1 aromatic rings. The number of halogens is 1. The zero-order chi connectivity index (χ0) is 17.8. The summed E-state index contributed by atoms with van der Waals surface area (Å²) in [5.74, 6) is 1.14. The second kappa shape index (κ2) is 10.2. The zero-order valence-electron chi connectivity index (χ0n) is 16.9. The lowest BCUT2D eigenvalue weighted by Crippen LogP contribution is -3.00. The molecule has 0 N–H and O–H groups in total. The smallest absolute Gasteiger partial charge is 0.168 e. The standard InChI is InChI=1S/C20H36N6.ClH/c1-2-3-12-19(20-21-22-23-26(20)18-10-6-7-11-18)25-15-13-24(14-16-25)17-8-4-5-9-17;/h17-19H,2-16H2,1H3;1H/p-1. The normalized spacial score (nSPS) is 24.3. The number of tetrazole rings is 1. The van der Waals surface area contributed by atoms with E-state index in [1.165, 1.54) is 96.8 Å². The van der Waals surface area contributed by atoms with Crippen LogP contribution in [0.1, 0.15) is 95.5 Å². The van der Waals surface area contributed by atoms with E-state index in [2.05, 4.69) is 36.9 Å². The molecule has 2 heterocycles. The fourth-order valence-electron chi connectivity index (χ4n) is 5.38. The lowest BCUT2D eigenvalue weighted by Gasteiger charge is -2.41. The first-order chi connectivity index (χ1) is 12.9. The van der Waals surface area contributed by atoms with Gasteiger partial charge in [0.2, 0.25) is 0 Å². The Bertz CT molecular complexity index is 544. The van der Waals surface area contributed by atoms with E-state index in [0.717, 1.165) is 11.9 Å². The van der Waals surface area contributed by atoms with Crippen molar-refractivity contribution in [2.24, 2.45) is 0 Å². The van der Waals surface area contributed by atoms with Crippen molar-refractivity contribution in [2.75, 3.05) is 26.2 Å². The number of piperazine rings is 1. The van der Waals surface area contributed by atoms with Gasteiger partial charge in [0.25, 0.3) is 0 Å². The van der Waals surface area contributed by atoms with Crippen LogP contribution in [-0.4, -0.2) is 62.2 Å². The van der Waals surface area contributed by atoms with E-state index >= 15 is 0 Å². The van der Waals surface area contributed by atoms with Gasteiger partial charge in [-0.2, -0.15) is 0 Å². The predicted octanol–water partition coefficient (Wildman–Crippen LogP) is 0.584. The molecule has 1 atom stereocenters. The highest BCUT2D eigenvalue weighted by atomic mass is 35.5. The maximum Gasteiger partial charge on any atom is 0.168 e. The molecule has 2 saturated carbocycles. The van der Waals surface area contributed by atoms with Gasteiger partial charge in [-0.15, -0.1) is 5.10 Å². The molecule has 3 aliphatic rings. The third kappa shape index (κ3) is 4.83. The predicted molar refractivity (Wildman–Crippen MR) is 103 cm³/mol. The Labute approximate surface area is 170 Å². The van der Waals surface area contributed by atoms with Crippen LogP contribution in [0.25, 0.3) is 0 Å². The first-order valence-corrected chi connectivity index (χ1v) is 11.1. The molecule has 154 valence electrons. The molecule has 1 aliphatic heterocycles. The number of unbranched alkanes of at least 4 members (excludes halogenated alkanes) is 1. The van der Waals surface area contributed by atoms with E-state index in [-0.39, 0.29) is 12.4 Å². The van der Waals surface area contributed by atoms with E-state index in [4.69, 9.17) is 0 Å². The molecule has 7 heteroatoms. The van der Waals surface area contributed by atoms with Gasteiger partial charge < -0.3 is 12.4 Å². The topological polar surface area (TPSA) is 50.1 Å². The fraction of sp³-hybridized carbons (Fsp3) is 0.950. The van der Waals surface area contributed by atoms with Gasteiger partial charge in [-0.05, 0) is 42.5 Å². The van der Waals surface area contributed by atoms with Crippen molar-refractivity contribution in [3.05, 3.63) is 5.82 Å². The minimum atomic E-state index is 0. The largest absolute Gasteiger partial charge is 1.00 e. The van der Waals surface area contributed by atoms with Crippen molar-refractivity contribution in [3.63, 3.8) is 0 Å². The number of aromatic nitrogens is 4. The van der Waals surface area contributed by atoms with E-state index in [1.807, 2.05) is 0 Å². The summed E-state index contributed by atoms with van der Waals surface area (Å²) >= 11 is 0. The molecule has 0 bridgehead atoms. The van der Waals surface area contributed by atoms with Crippen molar-refractivity contribution in [3.8, 4) is 0 Å². The van der Waals surface area contributed by atoms with Gasteiger partial charge >= 0.3 is 0 Å². The number of hydrogen-bond donors (Lipinski definition) is 0. The van der Waals surface area contributed by atoms with E-state index < -0.39 is 0 Å². The lowest BCUT2D eigenvalue weighted by atomic mass is 10.0. The van der Waals surface area contributed by atoms with Gasteiger partial charge in [0.1, 0.15) is 0 Å². The van der Waals surface area contributed by atoms with Crippen LogP contribution in [0.4, 0.5) is 0 Å². The molecular weight excluding hydrogens is 360 g/mol. The van der Waals surface area contributed by atoms with Crippen LogP contribution in [0.3, 0.4) is 0 Å². The van der Waals surface area contributed by atoms with Gasteiger partial charge in [0, 0.05) is 32.2 Å². The van der Waals surface area contributed by atoms with E-state index in [1.54, 1.807) is 0 Å². The van der Waals surface area contributed by atoms with Gasteiger partial charge in [0.05, 0.1) is 12.1 Å². The molecule has 0 radical (unpaired) electrons. The maximum atomic E-state index is 4.53. The van der Waals surface area contributed by atoms with Crippen molar-refractivity contribution in [1.29, 1.82) is 0 Å².